The molecule has 0 aromatic carbocycles. The molecule has 1 aliphatic carbocycles. The van der Waals surface area contributed by atoms with Crippen LogP contribution >= 0.6 is 11.8 Å². The molecule has 0 bridgehead atoms. The average Bonchev–Trinajstić information content (AvgIpc) is 2.45. The molecule has 1 fully saturated rings. The molecule has 0 aromatic heterocycles. The summed E-state index contributed by atoms with van der Waals surface area (Å²) in [5.41, 5.74) is 4.20. The van der Waals surface area contributed by atoms with Crippen LogP contribution in [0.15, 0.2) is 36.1 Å². The molecule has 0 amide bonds. The number of carboxylic acid groups (broad SMARTS) is 1. The number of thioether (sulfide) groups is 1. The maximum Gasteiger partial charge on any atom is 0.337 e. The number of aliphatic hydroxyl groups is 2. The maximum atomic E-state index is 11.5. The summed E-state index contributed by atoms with van der Waals surface area (Å²) in [6, 6.07) is -0.900. The number of hydrogen-bond donors (Lipinski definition) is 4. The monoisotopic (exact) mass is 355 g/mol. The first-order valence-electron chi connectivity index (χ1n) is 8.37. The average molecular weight is 356 g/mol. The van der Waals surface area contributed by atoms with Crippen molar-refractivity contribution in [2.75, 3.05) is 5.75 Å². The Hall–Kier alpha value is -1.24. The molecule has 0 aromatic rings. The van der Waals surface area contributed by atoms with E-state index in [1.807, 2.05) is 13.0 Å². The highest BCUT2D eigenvalue weighted by atomic mass is 32.2. The molecule has 0 radical (unpaired) electrons. The Balaban J connectivity index is 2.66. The largest absolute Gasteiger partial charge is 0.508 e. The summed E-state index contributed by atoms with van der Waals surface area (Å²) in [7, 11) is 0. The molecule has 0 aliphatic heterocycles. The normalized spacial score (nSPS) is 19.7. The molecule has 6 heteroatoms. The van der Waals surface area contributed by atoms with E-state index in [0.717, 1.165) is 25.7 Å². The van der Waals surface area contributed by atoms with Crippen LogP contribution in [0, 0.1) is 0 Å². The third kappa shape index (κ3) is 6.34. The molecule has 1 saturated carbocycles. The highest BCUT2D eigenvalue weighted by molar-refractivity contribution is 8.00. The van der Waals surface area contributed by atoms with Gasteiger partial charge in [-0.1, -0.05) is 32.4 Å². The zero-order valence-electron chi connectivity index (χ0n) is 14.3. The topological polar surface area (TPSA) is 104 Å². The van der Waals surface area contributed by atoms with Crippen molar-refractivity contribution in [3.8, 4) is 0 Å². The summed E-state index contributed by atoms with van der Waals surface area (Å²) in [6.07, 6.45) is 9.76. The number of nitrogens with two attached hydrogens (primary N) is 1. The van der Waals surface area contributed by atoms with Crippen LogP contribution in [0.5, 0.6) is 0 Å². The van der Waals surface area contributed by atoms with Crippen LogP contribution in [0.4, 0.5) is 0 Å². The summed E-state index contributed by atoms with van der Waals surface area (Å²) >= 11 is 1.62. The molecule has 2 atom stereocenters. The Morgan fingerprint density at radius 3 is 2.62 bits per heavy atom. The van der Waals surface area contributed by atoms with Crippen LogP contribution in [-0.2, 0) is 4.79 Å². The number of aliphatic hydroxyl groups excluding tert-OH is 1. The molecule has 1 aliphatic rings. The molecule has 136 valence electrons. The Morgan fingerprint density at radius 1 is 1.46 bits per heavy atom. The van der Waals surface area contributed by atoms with Crippen LogP contribution < -0.4 is 5.73 Å². The van der Waals surface area contributed by atoms with Gasteiger partial charge in [-0.05, 0) is 37.0 Å². The van der Waals surface area contributed by atoms with Gasteiger partial charge in [-0.15, -0.1) is 0 Å². The molecule has 0 spiro atoms. The van der Waals surface area contributed by atoms with Crippen molar-refractivity contribution >= 4 is 17.7 Å². The quantitative estimate of drug-likeness (QED) is 0.335. The zero-order valence-corrected chi connectivity index (χ0v) is 15.1. The number of aliphatic carboxylic acids is 1. The van der Waals surface area contributed by atoms with Gasteiger partial charge < -0.3 is 21.1 Å². The summed E-state index contributed by atoms with van der Waals surface area (Å²) in [5, 5.41) is 30.3. The summed E-state index contributed by atoms with van der Waals surface area (Å²) in [4.78, 5) is 11.5. The third-order valence-electron chi connectivity index (χ3n) is 4.14. The standard InChI is InChI=1S/C18H29NO4S/c1-3-4-5-7-14(20)10-13(2)11-18(23,17(21)22)16(19)12-24-15-8-6-9-15/h5,7,10,15-16,20,23H,2-4,6,8-9,11-12,19H2,1H3,(H,21,22)/b7-5-,14-10+. The predicted molar refractivity (Wildman–Crippen MR) is 99.2 cm³/mol. The van der Waals surface area contributed by atoms with Gasteiger partial charge in [0.15, 0.2) is 5.60 Å². The van der Waals surface area contributed by atoms with E-state index in [1.165, 1.54) is 12.5 Å². The summed E-state index contributed by atoms with van der Waals surface area (Å²) < 4.78 is 0. The van der Waals surface area contributed by atoms with Crippen LogP contribution in [0.25, 0.3) is 0 Å². The summed E-state index contributed by atoms with van der Waals surface area (Å²) in [5.74, 6) is -0.995. The van der Waals surface area contributed by atoms with Gasteiger partial charge in [-0.25, -0.2) is 4.79 Å². The Kier molecular flexibility index (Phi) is 8.59. The minimum atomic E-state index is -2.09. The predicted octanol–water partition coefficient (Wildman–Crippen LogP) is 3.16. The van der Waals surface area contributed by atoms with Crippen molar-refractivity contribution < 1.29 is 20.1 Å². The number of rotatable bonds is 11. The third-order valence-corrected chi connectivity index (χ3v) is 5.63. The first kappa shape index (κ1) is 20.8. The van der Waals surface area contributed by atoms with Gasteiger partial charge in [0.2, 0.25) is 0 Å². The molecule has 2 unspecified atom stereocenters. The number of hydrogen-bond acceptors (Lipinski definition) is 5. The van der Waals surface area contributed by atoms with Crippen molar-refractivity contribution in [1.29, 1.82) is 0 Å². The van der Waals surface area contributed by atoms with Crippen LogP contribution in [0.2, 0.25) is 0 Å². The fourth-order valence-corrected chi connectivity index (χ4v) is 3.73. The van der Waals surface area contributed by atoms with E-state index in [-0.39, 0.29) is 12.2 Å². The second-order valence-electron chi connectivity index (χ2n) is 6.32. The molecule has 1 rings (SSSR count). The number of carboxylic acids is 1. The van der Waals surface area contributed by atoms with Gasteiger partial charge in [0.1, 0.15) is 5.76 Å². The lowest BCUT2D eigenvalue weighted by atomic mass is 9.88. The highest BCUT2D eigenvalue weighted by Gasteiger charge is 2.42. The number of allylic oxidation sites excluding steroid dienone is 3. The SMILES string of the molecule is C=C(/C=C(O)\C=C/CCC)CC(O)(C(=O)O)C(N)CSC1CCC1. The van der Waals surface area contributed by atoms with E-state index in [4.69, 9.17) is 5.73 Å². The number of unbranched alkanes of at least 4 members (excludes halogenated alkanes) is 1. The molecule has 24 heavy (non-hydrogen) atoms. The molecular weight excluding hydrogens is 326 g/mol. The lowest BCUT2D eigenvalue weighted by Gasteiger charge is -2.32. The van der Waals surface area contributed by atoms with Crippen LogP contribution in [0.1, 0.15) is 45.4 Å². The summed E-state index contributed by atoms with van der Waals surface area (Å²) in [6.45, 7) is 5.77. The van der Waals surface area contributed by atoms with Gasteiger partial charge in [-0.3, -0.25) is 0 Å². The zero-order chi connectivity index (χ0) is 18.2. The van der Waals surface area contributed by atoms with Gasteiger partial charge >= 0.3 is 5.97 Å². The Labute approximate surface area is 148 Å². The van der Waals surface area contributed by atoms with Crippen molar-refractivity contribution in [1.82, 2.24) is 0 Å². The van der Waals surface area contributed by atoms with E-state index in [0.29, 0.717) is 16.6 Å². The Bertz CT molecular complexity index is 499. The minimum Gasteiger partial charge on any atom is -0.508 e. The van der Waals surface area contributed by atoms with E-state index in [1.54, 1.807) is 17.8 Å². The van der Waals surface area contributed by atoms with Gasteiger partial charge in [0.25, 0.3) is 0 Å². The first-order chi connectivity index (χ1) is 11.3. The van der Waals surface area contributed by atoms with E-state index in [9.17, 15) is 20.1 Å². The van der Waals surface area contributed by atoms with Crippen molar-refractivity contribution in [3.05, 3.63) is 36.1 Å². The fourth-order valence-electron chi connectivity index (χ4n) is 2.31. The van der Waals surface area contributed by atoms with Gasteiger partial charge in [0, 0.05) is 17.4 Å². The minimum absolute atomic E-state index is 0.0152. The molecule has 0 saturated heterocycles. The first-order valence-corrected chi connectivity index (χ1v) is 9.42. The van der Waals surface area contributed by atoms with Crippen molar-refractivity contribution in [3.63, 3.8) is 0 Å². The van der Waals surface area contributed by atoms with Crippen LogP contribution in [0.3, 0.4) is 0 Å². The Morgan fingerprint density at radius 2 is 2.12 bits per heavy atom. The van der Waals surface area contributed by atoms with Gasteiger partial charge in [-0.2, -0.15) is 11.8 Å². The lowest BCUT2D eigenvalue weighted by molar-refractivity contribution is -0.160. The molecular formula is C18H29NO4S. The lowest BCUT2D eigenvalue weighted by Crippen LogP contribution is -2.55. The van der Waals surface area contributed by atoms with E-state index < -0.39 is 17.6 Å². The van der Waals surface area contributed by atoms with E-state index >= 15 is 0 Å². The van der Waals surface area contributed by atoms with Gasteiger partial charge in [0.05, 0.1) is 6.04 Å². The fraction of sp³-hybridized carbons (Fsp3) is 0.611. The van der Waals surface area contributed by atoms with Crippen molar-refractivity contribution in [2.24, 2.45) is 5.73 Å². The van der Waals surface area contributed by atoms with Crippen molar-refractivity contribution in [2.45, 2.75) is 62.3 Å². The smallest absolute Gasteiger partial charge is 0.337 e. The number of carbonyl (C=O) groups is 1. The molecule has 0 heterocycles. The highest BCUT2D eigenvalue weighted by Crippen LogP contribution is 2.33. The maximum absolute atomic E-state index is 11.5. The van der Waals surface area contributed by atoms with E-state index in [2.05, 4.69) is 6.58 Å². The second kappa shape index (κ2) is 9.91. The second-order valence-corrected chi connectivity index (χ2v) is 7.65. The molecule has 5 N–H and O–H groups in total. The van der Waals surface area contributed by atoms with Crippen LogP contribution in [-0.4, -0.2) is 43.9 Å². The molecule has 5 nitrogen and oxygen atoms in total.